The largest absolute Gasteiger partial charge is 0.496 e. The van der Waals surface area contributed by atoms with Crippen LogP contribution in [0.5, 0.6) is 5.75 Å². The van der Waals surface area contributed by atoms with Crippen molar-refractivity contribution in [1.82, 2.24) is 0 Å². The molecule has 2 rings (SSSR count). The van der Waals surface area contributed by atoms with E-state index >= 15 is 0 Å². The van der Waals surface area contributed by atoms with E-state index in [0.717, 1.165) is 17.5 Å². The molecule has 0 heterocycles. The Bertz CT molecular complexity index is 1110. The number of unbranched alkanes of at least 4 members (excludes halogenated alkanes) is 1. The Morgan fingerprint density at radius 1 is 0.941 bits per heavy atom. The summed E-state index contributed by atoms with van der Waals surface area (Å²) in [7, 11) is 1.43. The first kappa shape index (κ1) is 26.6. The van der Waals surface area contributed by atoms with Gasteiger partial charge in [0.25, 0.3) is 0 Å². The number of allylic oxidation sites excluding steroid dienone is 1. The molecule has 0 saturated heterocycles. The van der Waals surface area contributed by atoms with Gasteiger partial charge in [-0.15, -0.1) is 0 Å². The molecule has 2 aromatic rings. The first-order valence-electron chi connectivity index (χ1n) is 11.4. The number of benzene rings is 2. The molecule has 7 nitrogen and oxygen atoms in total. The summed E-state index contributed by atoms with van der Waals surface area (Å²) in [5, 5.41) is 28.6. The zero-order chi connectivity index (χ0) is 25.4. The number of aromatic carboxylic acids is 2. The standard InChI is InChI=1S/C27H32O7/c1-5-9-20-16(3)12-18(14-22(20)26(30)31)21(10-7-8-11-24(28)29)19-13-17(6-2)25(34-4)23(15-19)27(32)33/h10,12-15H,5-9,11H2,1-4H3,(H,28,29)(H,30,31)(H,32,33)/b21-10+. The van der Waals surface area contributed by atoms with Crippen molar-refractivity contribution in [3.05, 3.63) is 69.3 Å². The van der Waals surface area contributed by atoms with Crippen LogP contribution in [0.1, 0.15) is 88.1 Å². The quantitative estimate of drug-likeness (QED) is 0.347. The normalized spacial score (nSPS) is 11.4. The average molecular weight is 469 g/mol. The number of hydrogen-bond acceptors (Lipinski definition) is 4. The summed E-state index contributed by atoms with van der Waals surface area (Å²) >= 11 is 0. The minimum absolute atomic E-state index is 0.00181. The van der Waals surface area contributed by atoms with Gasteiger partial charge in [0.1, 0.15) is 11.3 Å². The van der Waals surface area contributed by atoms with Crippen molar-refractivity contribution in [2.45, 2.75) is 59.3 Å². The van der Waals surface area contributed by atoms with Crippen LogP contribution in [-0.2, 0) is 17.6 Å². The predicted molar refractivity (Wildman–Crippen MR) is 130 cm³/mol. The third-order valence-electron chi connectivity index (χ3n) is 5.75. The van der Waals surface area contributed by atoms with Crippen LogP contribution in [0.15, 0.2) is 30.3 Å². The van der Waals surface area contributed by atoms with Gasteiger partial charge in [0.2, 0.25) is 0 Å². The number of carbonyl (C=O) groups is 3. The van der Waals surface area contributed by atoms with Crippen molar-refractivity contribution in [1.29, 1.82) is 0 Å². The number of ether oxygens (including phenoxy) is 1. The summed E-state index contributed by atoms with van der Waals surface area (Å²) in [6, 6.07) is 6.92. The highest BCUT2D eigenvalue weighted by Gasteiger charge is 2.20. The van der Waals surface area contributed by atoms with Crippen LogP contribution < -0.4 is 4.74 Å². The number of aliphatic carboxylic acids is 1. The molecule has 0 spiro atoms. The van der Waals surface area contributed by atoms with Crippen molar-refractivity contribution in [2.24, 2.45) is 0 Å². The lowest BCUT2D eigenvalue weighted by Crippen LogP contribution is -2.08. The van der Waals surface area contributed by atoms with Crippen LogP contribution in [0.25, 0.3) is 5.57 Å². The molecule has 0 aliphatic rings. The van der Waals surface area contributed by atoms with Gasteiger partial charge in [-0.3, -0.25) is 4.79 Å². The minimum atomic E-state index is -1.13. The third kappa shape index (κ3) is 6.25. The third-order valence-corrected chi connectivity index (χ3v) is 5.75. The zero-order valence-electron chi connectivity index (χ0n) is 20.1. The molecule has 0 saturated carbocycles. The number of aryl methyl sites for hydroxylation is 2. The van der Waals surface area contributed by atoms with E-state index in [2.05, 4.69) is 0 Å². The van der Waals surface area contributed by atoms with Crippen molar-refractivity contribution in [3.63, 3.8) is 0 Å². The lowest BCUT2D eigenvalue weighted by molar-refractivity contribution is -0.137. The number of methoxy groups -OCH3 is 1. The Labute approximate surface area is 199 Å². The van der Waals surface area contributed by atoms with E-state index in [0.29, 0.717) is 53.7 Å². The van der Waals surface area contributed by atoms with E-state index in [4.69, 9.17) is 9.84 Å². The number of carboxylic acid groups (broad SMARTS) is 3. The lowest BCUT2D eigenvalue weighted by atomic mass is 9.88. The molecule has 0 aromatic heterocycles. The molecule has 0 fully saturated rings. The molecule has 0 radical (unpaired) electrons. The monoisotopic (exact) mass is 468 g/mol. The molecule has 34 heavy (non-hydrogen) atoms. The van der Waals surface area contributed by atoms with E-state index in [1.165, 1.54) is 13.2 Å². The molecule has 0 unspecified atom stereocenters. The Balaban J connectivity index is 2.77. The summed E-state index contributed by atoms with van der Waals surface area (Å²) in [6.45, 7) is 5.76. The molecule has 7 heteroatoms. The van der Waals surface area contributed by atoms with Gasteiger partial charge in [-0.1, -0.05) is 32.4 Å². The van der Waals surface area contributed by atoms with Crippen molar-refractivity contribution < 1.29 is 34.4 Å². The maximum absolute atomic E-state index is 12.0. The highest BCUT2D eigenvalue weighted by Crippen LogP contribution is 2.34. The fraction of sp³-hybridized carbons (Fsp3) is 0.370. The number of rotatable bonds is 12. The Morgan fingerprint density at radius 2 is 1.56 bits per heavy atom. The van der Waals surface area contributed by atoms with Crippen LogP contribution in [0.2, 0.25) is 0 Å². The fourth-order valence-electron chi connectivity index (χ4n) is 4.15. The maximum atomic E-state index is 12.0. The van der Waals surface area contributed by atoms with Gasteiger partial charge in [-0.05, 0) is 84.2 Å². The number of hydrogen-bond donors (Lipinski definition) is 3. The molecule has 0 amide bonds. The average Bonchev–Trinajstić information content (AvgIpc) is 2.79. The van der Waals surface area contributed by atoms with Gasteiger partial charge in [0.05, 0.1) is 12.7 Å². The molecular formula is C27H32O7. The summed E-state index contributed by atoms with van der Waals surface area (Å²) in [6.07, 6.45) is 4.68. The second kappa shape index (κ2) is 12.0. The van der Waals surface area contributed by atoms with Crippen LogP contribution in [0.4, 0.5) is 0 Å². The van der Waals surface area contributed by atoms with Crippen LogP contribution in [0.3, 0.4) is 0 Å². The summed E-state index contributed by atoms with van der Waals surface area (Å²) in [5.74, 6) is -2.74. The molecular weight excluding hydrogens is 436 g/mol. The van der Waals surface area contributed by atoms with Gasteiger partial charge in [0.15, 0.2) is 0 Å². The van der Waals surface area contributed by atoms with E-state index in [1.54, 1.807) is 6.07 Å². The topological polar surface area (TPSA) is 121 Å². The van der Waals surface area contributed by atoms with Crippen LogP contribution in [0, 0.1) is 6.92 Å². The molecule has 0 atom stereocenters. The van der Waals surface area contributed by atoms with E-state index in [-0.39, 0.29) is 17.5 Å². The first-order valence-corrected chi connectivity index (χ1v) is 11.4. The molecule has 0 aliphatic carbocycles. The van der Waals surface area contributed by atoms with Gasteiger partial charge in [0, 0.05) is 6.42 Å². The highest BCUT2D eigenvalue weighted by molar-refractivity contribution is 5.95. The Kier molecular flexibility index (Phi) is 9.42. The predicted octanol–water partition coefficient (Wildman–Crippen LogP) is 5.60. The molecule has 0 bridgehead atoms. The Hall–Kier alpha value is -3.61. The Morgan fingerprint density at radius 3 is 2.09 bits per heavy atom. The SMILES string of the molecule is CCCc1c(C)cc(/C(=C\CCCC(=O)O)c2cc(CC)c(OC)c(C(=O)O)c2)cc1C(=O)O. The van der Waals surface area contributed by atoms with Crippen molar-refractivity contribution in [2.75, 3.05) is 7.11 Å². The van der Waals surface area contributed by atoms with Gasteiger partial charge < -0.3 is 20.1 Å². The minimum Gasteiger partial charge on any atom is -0.496 e. The van der Waals surface area contributed by atoms with E-state index < -0.39 is 17.9 Å². The van der Waals surface area contributed by atoms with Crippen LogP contribution in [-0.4, -0.2) is 40.3 Å². The fourth-order valence-corrected chi connectivity index (χ4v) is 4.15. The van der Waals surface area contributed by atoms with Gasteiger partial charge in [-0.25, -0.2) is 9.59 Å². The summed E-state index contributed by atoms with van der Waals surface area (Å²) < 4.78 is 5.36. The van der Waals surface area contributed by atoms with Gasteiger partial charge in [-0.2, -0.15) is 0 Å². The van der Waals surface area contributed by atoms with Crippen LogP contribution >= 0.6 is 0 Å². The lowest BCUT2D eigenvalue weighted by Gasteiger charge is -2.18. The summed E-state index contributed by atoms with van der Waals surface area (Å²) in [5.41, 5.74) is 4.50. The second-order valence-corrected chi connectivity index (χ2v) is 8.15. The smallest absolute Gasteiger partial charge is 0.339 e. The van der Waals surface area contributed by atoms with Crippen molar-refractivity contribution >= 4 is 23.5 Å². The maximum Gasteiger partial charge on any atom is 0.339 e. The van der Waals surface area contributed by atoms with Gasteiger partial charge >= 0.3 is 17.9 Å². The molecule has 2 aromatic carbocycles. The van der Waals surface area contributed by atoms with E-state index in [1.807, 2.05) is 39.0 Å². The zero-order valence-corrected chi connectivity index (χ0v) is 20.1. The second-order valence-electron chi connectivity index (χ2n) is 8.15. The summed E-state index contributed by atoms with van der Waals surface area (Å²) in [4.78, 5) is 35.0. The highest BCUT2D eigenvalue weighted by atomic mass is 16.5. The molecule has 3 N–H and O–H groups in total. The molecule has 182 valence electrons. The number of carboxylic acids is 3. The van der Waals surface area contributed by atoms with Crippen molar-refractivity contribution in [3.8, 4) is 5.75 Å². The van der Waals surface area contributed by atoms with E-state index in [9.17, 15) is 24.6 Å². The molecule has 0 aliphatic heterocycles. The first-order chi connectivity index (χ1) is 16.1.